The van der Waals surface area contributed by atoms with Crippen LogP contribution >= 0.6 is 0 Å². The Labute approximate surface area is 147 Å². The van der Waals surface area contributed by atoms with E-state index in [0.717, 1.165) is 0 Å². The molecule has 24 heavy (non-hydrogen) atoms. The maximum absolute atomic E-state index is 8.74. The summed E-state index contributed by atoms with van der Waals surface area (Å²) in [5.41, 5.74) is 0. The van der Waals surface area contributed by atoms with Crippen LogP contribution in [0.5, 0.6) is 0 Å². The van der Waals surface area contributed by atoms with Crippen molar-refractivity contribution in [1.29, 1.82) is 0 Å². The first-order valence-electron chi connectivity index (χ1n) is 0.698. The number of rotatable bonds is 0. The Kier molecular flexibility index (Phi) is 11600. The van der Waals surface area contributed by atoms with Crippen molar-refractivity contribution in [3.8, 4) is 0 Å². The molecule has 0 atom stereocenters. The van der Waals surface area contributed by atoms with E-state index >= 15 is 0 Å². The van der Waals surface area contributed by atoms with E-state index in [-0.39, 0.29) is 118 Å². The summed E-state index contributed by atoms with van der Waals surface area (Å²) in [5.74, 6) is 0. The third-order valence-corrected chi connectivity index (χ3v) is 0. The molecular weight excluding hydrogens is 454 g/mol. The monoisotopic (exact) mass is 494 g/mol. The molecule has 0 amide bonds. The van der Waals surface area contributed by atoms with Gasteiger partial charge in [0.2, 0.25) is 0 Å². The molecule has 182 valence electrons. The molecule has 0 aliphatic heterocycles. The van der Waals surface area contributed by atoms with E-state index in [1.54, 1.807) is 0 Å². The summed E-state index contributed by atoms with van der Waals surface area (Å²) in [6.45, 7) is 0. The van der Waals surface area contributed by atoms with Gasteiger partial charge in [0.05, 0.1) is 0 Å². The second-order valence-electron chi connectivity index (χ2n) is 0.448. The minimum atomic E-state index is -4.67. The van der Waals surface area contributed by atoms with Crippen LogP contribution in [0.4, 0.5) is 0 Å². The molecule has 0 aliphatic rings. The SMILES string of the molecule is O.O.O.O.O.O.O.O.O.O.O.O.O.O.O.O.O.O.O=S(=O)(O)O.[GaH3]. The van der Waals surface area contributed by atoms with Gasteiger partial charge in [-0.3, -0.25) is 9.11 Å². The summed E-state index contributed by atoms with van der Waals surface area (Å²) in [4.78, 5) is 0. The van der Waals surface area contributed by atoms with E-state index in [1.165, 1.54) is 0 Å². The maximum atomic E-state index is 8.74. The van der Waals surface area contributed by atoms with Gasteiger partial charge in [0.25, 0.3) is 0 Å². The van der Waals surface area contributed by atoms with Crippen LogP contribution in [-0.4, -0.2) is 136 Å². The first-order valence-corrected chi connectivity index (χ1v) is 2.10. The van der Waals surface area contributed by atoms with Crippen LogP contribution in [0.1, 0.15) is 0 Å². The molecule has 0 rings (SSSR count). The summed E-state index contributed by atoms with van der Waals surface area (Å²) in [6, 6.07) is 0. The van der Waals surface area contributed by atoms with Crippen LogP contribution in [-0.2, 0) is 10.4 Å². The first-order chi connectivity index (χ1) is 2.00. The molecule has 0 heterocycles. The van der Waals surface area contributed by atoms with E-state index < -0.39 is 10.4 Å². The van der Waals surface area contributed by atoms with Gasteiger partial charge in [-0.2, -0.15) is 8.42 Å². The van der Waals surface area contributed by atoms with Gasteiger partial charge in [-0.1, -0.05) is 0 Å². The van der Waals surface area contributed by atoms with Gasteiger partial charge >= 0.3 is 30.2 Å². The Morgan fingerprint density at radius 1 is 0.333 bits per heavy atom. The quantitative estimate of drug-likeness (QED) is 0.244. The van der Waals surface area contributed by atoms with Crippen molar-refractivity contribution in [3.05, 3.63) is 0 Å². The minimum absolute atomic E-state index is 0. The molecule has 24 heteroatoms. The topological polar surface area (TPSA) is 642 Å². The average Bonchev–Trinajstić information content (AvgIpc) is 0.722. The molecule has 0 radical (unpaired) electrons. The third-order valence-electron chi connectivity index (χ3n) is 0. The molecule has 22 nitrogen and oxygen atoms in total. The van der Waals surface area contributed by atoms with Gasteiger partial charge in [-0.15, -0.1) is 0 Å². The van der Waals surface area contributed by atoms with Gasteiger partial charge < -0.3 is 98.6 Å². The Bertz CT molecular complexity index is 95.1. The van der Waals surface area contributed by atoms with E-state index in [9.17, 15) is 0 Å². The summed E-state index contributed by atoms with van der Waals surface area (Å²) in [7, 11) is -4.67. The van der Waals surface area contributed by atoms with Gasteiger partial charge in [0, 0.05) is 0 Å². The van der Waals surface area contributed by atoms with Crippen LogP contribution < -0.4 is 0 Å². The Hall–Kier alpha value is -0.214. The Balaban J connectivity index is -0.000000000468. The molecule has 38 N–H and O–H groups in total. The molecule has 0 aromatic carbocycles. The van der Waals surface area contributed by atoms with Crippen LogP contribution in [0.3, 0.4) is 0 Å². The molecule has 0 spiro atoms. The molecule has 0 unspecified atom stereocenters. The normalized spacial score (nSPS) is 2.42. The summed E-state index contributed by atoms with van der Waals surface area (Å²) >= 11 is 0. The van der Waals surface area contributed by atoms with Crippen LogP contribution in [0, 0.1) is 0 Å². The summed E-state index contributed by atoms with van der Waals surface area (Å²) < 4.78 is 31.6. The number of hydrogen-bond acceptors (Lipinski definition) is 2. The molecule has 0 fully saturated rings. The van der Waals surface area contributed by atoms with Crippen molar-refractivity contribution in [2.75, 3.05) is 0 Å². The molecule has 0 aliphatic carbocycles. The zero-order valence-corrected chi connectivity index (χ0v) is 11.9. The van der Waals surface area contributed by atoms with Crippen molar-refractivity contribution in [1.82, 2.24) is 0 Å². The zero-order chi connectivity index (χ0) is 4.50. The van der Waals surface area contributed by atoms with Gasteiger partial charge in [0.15, 0.2) is 0 Å². The van der Waals surface area contributed by atoms with Crippen LogP contribution in [0.15, 0.2) is 0 Å². The molecule has 0 saturated carbocycles. The predicted octanol–water partition coefficient (Wildman–Crippen LogP) is -16.7. The van der Waals surface area contributed by atoms with Crippen molar-refractivity contribution in [2.45, 2.75) is 0 Å². The van der Waals surface area contributed by atoms with Crippen molar-refractivity contribution in [3.63, 3.8) is 0 Å². The second-order valence-corrected chi connectivity index (χ2v) is 1.34. The number of hydrogen-bond donors (Lipinski definition) is 2. The van der Waals surface area contributed by atoms with E-state index in [4.69, 9.17) is 17.5 Å². The summed E-state index contributed by atoms with van der Waals surface area (Å²) in [5, 5.41) is 0. The second kappa shape index (κ2) is 323. The average molecular weight is 495 g/mol. The standard InChI is InChI=1S/Ga.H2O4S.18H2O.3H/c;1-5(2,3)4;;;;;;;;;;;;;;;;;;;;;/h;(H2,1,2,3,4);18*1H2;;;. The van der Waals surface area contributed by atoms with E-state index in [2.05, 4.69) is 0 Å². The zero-order valence-electron chi connectivity index (χ0n) is 11.1. The van der Waals surface area contributed by atoms with E-state index in [1.807, 2.05) is 0 Å². The fraction of sp³-hybridized carbons (Fsp3) is 0. The van der Waals surface area contributed by atoms with Crippen molar-refractivity contribution in [2.24, 2.45) is 0 Å². The first kappa shape index (κ1) is 861. The van der Waals surface area contributed by atoms with Crippen molar-refractivity contribution >= 4 is 30.2 Å². The fourth-order valence-corrected chi connectivity index (χ4v) is 0. The molecule has 0 bridgehead atoms. The van der Waals surface area contributed by atoms with Crippen LogP contribution in [0.2, 0.25) is 0 Å². The molecule has 0 aromatic heterocycles. The van der Waals surface area contributed by atoms with Gasteiger partial charge in [-0.05, 0) is 0 Å². The van der Waals surface area contributed by atoms with Crippen molar-refractivity contribution < 1.29 is 116 Å². The third kappa shape index (κ3) is 206000. The molecule has 0 aromatic rings. The fourth-order valence-electron chi connectivity index (χ4n) is 0. The Morgan fingerprint density at radius 3 is 0.333 bits per heavy atom. The summed E-state index contributed by atoms with van der Waals surface area (Å²) in [6.07, 6.45) is 0. The molecular formula is H41GaO22S. The molecule has 0 saturated heterocycles. The van der Waals surface area contributed by atoms with Crippen LogP contribution in [0.25, 0.3) is 0 Å². The van der Waals surface area contributed by atoms with Gasteiger partial charge in [0.1, 0.15) is 0 Å². The van der Waals surface area contributed by atoms with E-state index in [0.29, 0.717) is 0 Å². The van der Waals surface area contributed by atoms with Gasteiger partial charge in [-0.25, -0.2) is 0 Å². The predicted molar refractivity (Wildman–Crippen MR) is 89.2 cm³/mol. The Morgan fingerprint density at radius 2 is 0.333 bits per heavy atom.